The van der Waals surface area contributed by atoms with Crippen molar-refractivity contribution in [3.8, 4) is 0 Å². The maximum absolute atomic E-state index is 13.0. The van der Waals surface area contributed by atoms with E-state index in [9.17, 15) is 67.1 Å². The monoisotopic (exact) mass is 1180 g/mol. The highest BCUT2D eigenvalue weighted by Crippen LogP contribution is 2.41. The van der Waals surface area contributed by atoms with Crippen molar-refractivity contribution in [1.82, 2.24) is 59.6 Å². The Morgan fingerprint density at radius 2 is 0.691 bits per heavy atom. The number of Topliss-reactive ketones (excluding diaryl/α,β-unsaturated/α-hetero) is 2. The van der Waals surface area contributed by atoms with E-state index >= 15 is 0 Å². The fraction of sp³-hybridized carbons (Fsp3) is 0.736. The molecule has 0 aromatic rings. The number of hydrogen-bond acceptors (Lipinski definition) is 16. The number of ketones is 2. The zero-order valence-corrected chi connectivity index (χ0v) is 52.8. The summed E-state index contributed by atoms with van der Waals surface area (Å²) in [6.07, 6.45) is 1.58. The number of rotatable bonds is 36. The topological polar surface area (TPSA) is 295 Å². The van der Waals surface area contributed by atoms with Crippen LogP contribution in [0.1, 0.15) is 87.5 Å². The number of amides is 12. The van der Waals surface area contributed by atoms with Gasteiger partial charge in [-0.15, -0.1) is 0 Å². The van der Waals surface area contributed by atoms with Crippen molar-refractivity contribution in [2.24, 2.45) is 11.8 Å². The summed E-state index contributed by atoms with van der Waals surface area (Å²) < 4.78 is -0.187. The van der Waals surface area contributed by atoms with Crippen LogP contribution < -0.4 is 10.6 Å². The molecule has 0 heterocycles. The van der Waals surface area contributed by atoms with Crippen LogP contribution in [0.2, 0.25) is 0 Å². The van der Waals surface area contributed by atoms with Crippen LogP contribution in [0.3, 0.4) is 0 Å². The third-order valence-corrected chi connectivity index (χ3v) is 16.6. The predicted molar refractivity (Wildman–Crippen MR) is 308 cm³/mol. The average molecular weight is 1190 g/mol. The summed E-state index contributed by atoms with van der Waals surface area (Å²) in [6.45, 7) is 11.1. The van der Waals surface area contributed by atoms with Crippen LogP contribution in [-0.2, 0) is 67.1 Å². The Labute approximate surface area is 486 Å². The van der Waals surface area contributed by atoms with Crippen LogP contribution in [0.4, 0.5) is 0 Å². The molecule has 1 unspecified atom stereocenters. The number of likely N-dealkylation sites (N-methyl/N-ethyl adjacent to an activating group) is 10. The SMILES string of the molecule is CC(CNC(=O)C(C)C)SSC(C)(C)CCC(=O)CCCC(=O)N(C)CC(=O)N(C)CC(=O)N(C)CC(=O)N(C)CC(=O)N(C)CC(=O)N(C)CC(=O)N(C)CC(=O)N(C)CC(=O)N(C)CC(=O)N(C)CC(=O)N[C@@H](C)C(=O)C(C)C. The molecule has 0 fully saturated rings. The molecule has 28 heteroatoms. The van der Waals surface area contributed by atoms with Gasteiger partial charge in [0.2, 0.25) is 70.9 Å². The third-order valence-electron chi connectivity index (χ3n) is 12.7. The van der Waals surface area contributed by atoms with E-state index < -0.39 is 117 Å². The molecular weight excluding hydrogens is 1090 g/mol. The summed E-state index contributed by atoms with van der Waals surface area (Å²) in [7, 11) is 16.8. The van der Waals surface area contributed by atoms with Crippen LogP contribution in [0.15, 0.2) is 0 Å². The number of hydrogen-bond donors (Lipinski definition) is 2. The van der Waals surface area contributed by atoms with E-state index in [1.807, 2.05) is 20.8 Å². The van der Waals surface area contributed by atoms with Gasteiger partial charge in [-0.2, -0.15) is 0 Å². The molecule has 81 heavy (non-hydrogen) atoms. The minimum absolute atomic E-state index is 0.00717. The first-order valence-electron chi connectivity index (χ1n) is 26.7. The molecule has 2 atom stereocenters. The smallest absolute Gasteiger partial charge is 0.242 e. The lowest BCUT2D eigenvalue weighted by Gasteiger charge is -2.27. The minimum atomic E-state index is -0.740. The zero-order chi connectivity index (χ0) is 62.8. The second-order valence-electron chi connectivity index (χ2n) is 21.9. The lowest BCUT2D eigenvalue weighted by atomic mass is 10.0. The Bertz CT molecular complexity index is 2250. The van der Waals surface area contributed by atoms with Gasteiger partial charge in [-0.05, 0) is 33.6 Å². The second kappa shape index (κ2) is 36.2. The fourth-order valence-corrected chi connectivity index (χ4v) is 9.29. The Morgan fingerprint density at radius 1 is 0.395 bits per heavy atom. The van der Waals surface area contributed by atoms with E-state index in [0.29, 0.717) is 25.8 Å². The highest BCUT2D eigenvalue weighted by Gasteiger charge is 2.28. The van der Waals surface area contributed by atoms with Gasteiger partial charge in [0.1, 0.15) is 5.78 Å². The van der Waals surface area contributed by atoms with E-state index in [1.54, 1.807) is 42.4 Å². The minimum Gasteiger partial charge on any atom is -0.355 e. The number of nitrogens with zero attached hydrogens (tertiary/aromatic N) is 10. The van der Waals surface area contributed by atoms with Crippen molar-refractivity contribution in [1.29, 1.82) is 0 Å². The molecule has 0 rings (SSSR count). The predicted octanol–water partition coefficient (Wildman–Crippen LogP) is -0.860. The number of nitrogens with one attached hydrogen (secondary N) is 2. The maximum Gasteiger partial charge on any atom is 0.242 e. The molecule has 0 aliphatic rings. The summed E-state index contributed by atoms with van der Waals surface area (Å²) in [5.41, 5.74) is 0. The van der Waals surface area contributed by atoms with Crippen LogP contribution in [0.5, 0.6) is 0 Å². The van der Waals surface area contributed by atoms with E-state index in [0.717, 1.165) is 44.1 Å². The van der Waals surface area contributed by atoms with Gasteiger partial charge in [-0.25, -0.2) is 0 Å². The number of carbonyl (C=O) groups is 14. The highest BCUT2D eigenvalue weighted by atomic mass is 33.1. The summed E-state index contributed by atoms with van der Waals surface area (Å²) >= 11 is 0. The van der Waals surface area contributed by atoms with E-state index in [4.69, 9.17) is 0 Å². The largest absolute Gasteiger partial charge is 0.355 e. The lowest BCUT2D eigenvalue weighted by Crippen LogP contribution is -2.49. The molecular formula is C53H92N12O14S2. The van der Waals surface area contributed by atoms with Crippen molar-refractivity contribution in [3.63, 3.8) is 0 Å². The molecule has 0 aliphatic heterocycles. The van der Waals surface area contributed by atoms with Crippen LogP contribution in [0, 0.1) is 11.8 Å². The molecule has 2 N–H and O–H groups in total. The highest BCUT2D eigenvalue weighted by molar-refractivity contribution is 8.77. The first-order valence-corrected chi connectivity index (χ1v) is 28.9. The van der Waals surface area contributed by atoms with Gasteiger partial charge in [0.25, 0.3) is 0 Å². The second-order valence-corrected chi connectivity index (χ2v) is 25.2. The fourth-order valence-electron chi connectivity index (χ4n) is 6.80. The Balaban J connectivity index is 4.84. The molecule has 0 saturated heterocycles. The molecule has 0 bridgehead atoms. The third kappa shape index (κ3) is 29.8. The quantitative estimate of drug-likeness (QED) is 0.0722. The molecule has 0 saturated carbocycles. The lowest BCUT2D eigenvalue weighted by molar-refractivity contribution is -0.146. The van der Waals surface area contributed by atoms with Gasteiger partial charge in [0, 0.05) is 118 Å². The van der Waals surface area contributed by atoms with Gasteiger partial charge in [0.15, 0.2) is 5.78 Å². The summed E-state index contributed by atoms with van der Waals surface area (Å²) in [5.74, 6) is -6.88. The van der Waals surface area contributed by atoms with Crippen molar-refractivity contribution in [2.75, 3.05) is 142 Å². The Morgan fingerprint density at radius 3 is 0.988 bits per heavy atom. The van der Waals surface area contributed by atoms with Gasteiger partial charge in [0.05, 0.1) is 71.5 Å². The van der Waals surface area contributed by atoms with Crippen molar-refractivity contribution in [3.05, 3.63) is 0 Å². The summed E-state index contributed by atoms with van der Waals surface area (Å²) in [6, 6.07) is -0.740. The summed E-state index contributed by atoms with van der Waals surface area (Å²) in [5, 5.41) is 5.66. The van der Waals surface area contributed by atoms with E-state index in [1.165, 1.54) is 75.4 Å². The first kappa shape index (κ1) is 74.7. The van der Waals surface area contributed by atoms with Crippen molar-refractivity contribution in [2.45, 2.75) is 104 Å². The van der Waals surface area contributed by atoms with Gasteiger partial charge >= 0.3 is 0 Å². The first-order chi connectivity index (χ1) is 37.3. The molecule has 0 aliphatic carbocycles. The standard InChI is InChI=1S/C53H92N12O14S2/c1-35(2)51(78)38(6)55-40(67)25-56(9)42(69)27-58(11)44(71)29-60(13)46(73)31-62(15)48(75)33-64(17)50(77)34-65(18)49(76)32-63(16)47(74)30-61(14)45(72)28-59(12)43(70)26-57(10)41(68)21-19-20-39(66)22-23-53(7,8)81-80-37(5)24-54-52(79)36(3)4/h35-38H,19-34H2,1-18H3,(H,54,79)(H,55,67)/t37?,38-/m0/s1. The normalized spacial score (nSPS) is 11.8. The van der Waals surface area contributed by atoms with Gasteiger partial charge in [-0.3, -0.25) is 67.1 Å². The van der Waals surface area contributed by atoms with Crippen LogP contribution in [-0.4, -0.2) is 290 Å². The van der Waals surface area contributed by atoms with Gasteiger partial charge in [-0.1, -0.05) is 56.2 Å². The van der Waals surface area contributed by atoms with E-state index in [-0.39, 0.29) is 71.1 Å². The van der Waals surface area contributed by atoms with Gasteiger partial charge < -0.3 is 59.6 Å². The molecule has 0 aromatic heterocycles. The molecule has 12 amide bonds. The Hall–Kier alpha value is -6.32. The van der Waals surface area contributed by atoms with Crippen LogP contribution in [0.25, 0.3) is 0 Å². The van der Waals surface area contributed by atoms with Crippen molar-refractivity contribution >= 4 is 104 Å². The summed E-state index contributed by atoms with van der Waals surface area (Å²) in [4.78, 5) is 189. The maximum atomic E-state index is 13.0. The molecule has 0 spiro atoms. The van der Waals surface area contributed by atoms with Crippen LogP contribution >= 0.6 is 21.6 Å². The molecule has 26 nitrogen and oxygen atoms in total. The molecule has 0 aromatic carbocycles. The zero-order valence-electron chi connectivity index (χ0n) is 51.1. The molecule has 460 valence electrons. The van der Waals surface area contributed by atoms with Crippen molar-refractivity contribution < 1.29 is 67.1 Å². The Kier molecular flexibility index (Phi) is 33.4. The average Bonchev–Trinajstić information content (AvgIpc) is 3.37. The number of carbonyl (C=O) groups excluding carboxylic acids is 14. The van der Waals surface area contributed by atoms with E-state index in [2.05, 4.69) is 24.5 Å². The molecule has 0 radical (unpaired) electrons.